The van der Waals surface area contributed by atoms with Gasteiger partial charge in [0.25, 0.3) is 0 Å². The molecule has 6 heteroatoms. The van der Waals surface area contributed by atoms with Crippen LogP contribution in [0.3, 0.4) is 0 Å². The number of rotatable bonds is 5. The number of carbonyl (C=O) groups excluding carboxylic acids is 1. The van der Waals surface area contributed by atoms with E-state index in [1.807, 2.05) is 31.2 Å². The normalized spacial score (nSPS) is 14.8. The van der Waals surface area contributed by atoms with Gasteiger partial charge in [-0.15, -0.1) is 0 Å². The molecule has 2 N–H and O–H groups in total. The summed E-state index contributed by atoms with van der Waals surface area (Å²) in [7, 11) is 0. The molecule has 2 amide bonds. The number of fused-ring (bicyclic) bond motifs is 1. The summed E-state index contributed by atoms with van der Waals surface area (Å²) in [6.07, 6.45) is 6.37. The Morgan fingerprint density at radius 3 is 3.08 bits per heavy atom. The molecule has 128 valence electrons. The van der Waals surface area contributed by atoms with Crippen molar-refractivity contribution in [1.82, 2.24) is 20.2 Å². The number of nitrogens with one attached hydrogen (secondary N) is 2. The lowest BCUT2D eigenvalue weighted by atomic mass is 10.1. The molecule has 5 nitrogen and oxygen atoms in total. The first-order valence-corrected chi connectivity index (χ1v) is 8.84. The van der Waals surface area contributed by atoms with Crippen LogP contribution in [0.4, 0.5) is 4.79 Å². The fraction of sp³-hybridized carbons (Fsp3) is 0.444. The summed E-state index contributed by atoms with van der Waals surface area (Å²) < 4.78 is 2.24. The van der Waals surface area contributed by atoms with Crippen LogP contribution >= 0.6 is 11.6 Å². The molecule has 0 saturated carbocycles. The minimum Gasteiger partial charge on any atom is -0.338 e. The Morgan fingerprint density at radius 2 is 2.29 bits per heavy atom. The zero-order valence-electron chi connectivity index (χ0n) is 13.9. The number of aromatic nitrogens is 2. The molecule has 0 bridgehead atoms. The molecular formula is C18H23ClN4O. The summed E-state index contributed by atoms with van der Waals surface area (Å²) in [6.45, 7) is 3.58. The highest BCUT2D eigenvalue weighted by Crippen LogP contribution is 2.17. The summed E-state index contributed by atoms with van der Waals surface area (Å²) >= 11 is 5.98. The largest absolute Gasteiger partial charge is 0.338 e. The number of nitrogens with zero attached hydrogens (tertiary/aromatic N) is 2. The molecule has 0 radical (unpaired) electrons. The lowest BCUT2D eigenvalue weighted by molar-refractivity contribution is 0.238. The van der Waals surface area contributed by atoms with Crippen molar-refractivity contribution >= 4 is 17.6 Å². The summed E-state index contributed by atoms with van der Waals surface area (Å²) in [5.41, 5.74) is 2.04. The molecule has 2 heterocycles. The summed E-state index contributed by atoms with van der Waals surface area (Å²) in [6, 6.07) is 7.25. The Morgan fingerprint density at radius 1 is 1.42 bits per heavy atom. The molecule has 1 aliphatic rings. The van der Waals surface area contributed by atoms with Gasteiger partial charge in [0.15, 0.2) is 0 Å². The number of hydrogen-bond donors (Lipinski definition) is 2. The third-order valence-electron chi connectivity index (χ3n) is 4.32. The number of hydrogen-bond acceptors (Lipinski definition) is 2. The van der Waals surface area contributed by atoms with E-state index >= 15 is 0 Å². The first-order chi connectivity index (χ1) is 11.6. The standard InChI is InChI=1S/C18H23ClN4O/c1-13(14-5-4-6-15(19)11-14)21-18(24)20-9-8-16-12-23-10-3-2-7-17(23)22-16/h4-6,11-13H,2-3,7-10H2,1H3,(H2,20,21,24)/t13-/m1/s1. The number of urea groups is 1. The molecule has 0 saturated heterocycles. The van der Waals surface area contributed by atoms with Gasteiger partial charge in [-0.1, -0.05) is 23.7 Å². The Labute approximate surface area is 147 Å². The number of aryl methyl sites for hydroxylation is 2. The highest BCUT2D eigenvalue weighted by Gasteiger charge is 2.13. The van der Waals surface area contributed by atoms with E-state index in [1.54, 1.807) is 0 Å². The van der Waals surface area contributed by atoms with Crippen LogP contribution in [0, 0.1) is 0 Å². The summed E-state index contributed by atoms with van der Waals surface area (Å²) in [4.78, 5) is 16.7. The van der Waals surface area contributed by atoms with Crippen molar-refractivity contribution in [2.45, 2.75) is 45.2 Å². The molecule has 0 aliphatic carbocycles. The van der Waals surface area contributed by atoms with Gasteiger partial charge in [-0.25, -0.2) is 9.78 Å². The fourth-order valence-electron chi connectivity index (χ4n) is 3.00. The summed E-state index contributed by atoms with van der Waals surface area (Å²) in [5, 5.41) is 6.49. The first-order valence-electron chi connectivity index (χ1n) is 8.46. The molecule has 2 aromatic rings. The van der Waals surface area contributed by atoms with Crippen molar-refractivity contribution in [2.24, 2.45) is 0 Å². The fourth-order valence-corrected chi connectivity index (χ4v) is 3.20. The predicted molar refractivity (Wildman–Crippen MR) is 95.3 cm³/mol. The maximum atomic E-state index is 12.0. The maximum absolute atomic E-state index is 12.0. The van der Waals surface area contributed by atoms with Crippen molar-refractivity contribution in [3.63, 3.8) is 0 Å². The molecule has 1 aliphatic heterocycles. The zero-order chi connectivity index (χ0) is 16.9. The van der Waals surface area contributed by atoms with Gasteiger partial charge in [-0.2, -0.15) is 0 Å². The van der Waals surface area contributed by atoms with Crippen molar-refractivity contribution in [3.8, 4) is 0 Å². The average molecular weight is 347 g/mol. The van der Waals surface area contributed by atoms with Crippen LogP contribution in [-0.2, 0) is 19.4 Å². The minimum absolute atomic E-state index is 0.0939. The van der Waals surface area contributed by atoms with E-state index in [9.17, 15) is 4.79 Å². The molecule has 1 aromatic heterocycles. The topological polar surface area (TPSA) is 59.0 Å². The molecule has 0 spiro atoms. The van der Waals surface area contributed by atoms with Crippen LogP contribution in [0.1, 0.15) is 42.9 Å². The lowest BCUT2D eigenvalue weighted by Crippen LogP contribution is -2.38. The Balaban J connectivity index is 1.44. The number of imidazole rings is 1. The molecular weight excluding hydrogens is 324 g/mol. The van der Waals surface area contributed by atoms with Crippen molar-refractivity contribution < 1.29 is 4.79 Å². The predicted octanol–water partition coefficient (Wildman–Crippen LogP) is 3.48. The molecule has 0 fully saturated rings. The Kier molecular flexibility index (Phi) is 5.41. The van der Waals surface area contributed by atoms with Crippen LogP contribution in [0.5, 0.6) is 0 Å². The second kappa shape index (κ2) is 7.71. The van der Waals surface area contributed by atoms with Crippen molar-refractivity contribution in [2.75, 3.05) is 6.54 Å². The van der Waals surface area contributed by atoms with Gasteiger partial charge in [0.2, 0.25) is 0 Å². The van der Waals surface area contributed by atoms with Crippen LogP contribution in [-0.4, -0.2) is 22.1 Å². The summed E-state index contributed by atoms with van der Waals surface area (Å²) in [5.74, 6) is 1.18. The molecule has 1 aromatic carbocycles. The number of amides is 2. The Bertz CT molecular complexity index is 689. The third-order valence-corrected chi connectivity index (χ3v) is 4.56. The zero-order valence-corrected chi connectivity index (χ0v) is 14.6. The van der Waals surface area contributed by atoms with Crippen molar-refractivity contribution in [3.05, 3.63) is 52.6 Å². The van der Waals surface area contributed by atoms with Crippen LogP contribution in [0.15, 0.2) is 30.5 Å². The van der Waals surface area contributed by atoms with Gasteiger partial charge in [-0.3, -0.25) is 0 Å². The highest BCUT2D eigenvalue weighted by molar-refractivity contribution is 6.30. The van der Waals surface area contributed by atoms with E-state index < -0.39 is 0 Å². The number of benzene rings is 1. The van der Waals surface area contributed by atoms with E-state index in [-0.39, 0.29) is 12.1 Å². The molecule has 1 atom stereocenters. The SMILES string of the molecule is C[C@@H](NC(=O)NCCc1cn2c(n1)CCCC2)c1cccc(Cl)c1. The first kappa shape index (κ1) is 16.8. The van der Waals surface area contributed by atoms with Crippen LogP contribution in [0.2, 0.25) is 5.02 Å². The van der Waals surface area contributed by atoms with E-state index in [2.05, 4.69) is 26.4 Å². The van der Waals surface area contributed by atoms with E-state index in [1.165, 1.54) is 18.7 Å². The van der Waals surface area contributed by atoms with Crippen LogP contribution < -0.4 is 10.6 Å². The number of carbonyl (C=O) groups is 1. The molecule has 0 unspecified atom stereocenters. The average Bonchev–Trinajstić information content (AvgIpc) is 2.97. The third kappa shape index (κ3) is 4.29. The van der Waals surface area contributed by atoms with Gasteiger partial charge in [0.05, 0.1) is 11.7 Å². The van der Waals surface area contributed by atoms with Gasteiger partial charge < -0.3 is 15.2 Å². The molecule has 3 rings (SSSR count). The van der Waals surface area contributed by atoms with Crippen molar-refractivity contribution in [1.29, 1.82) is 0 Å². The van der Waals surface area contributed by atoms with E-state index in [4.69, 9.17) is 11.6 Å². The highest BCUT2D eigenvalue weighted by atomic mass is 35.5. The molecule has 24 heavy (non-hydrogen) atoms. The quantitative estimate of drug-likeness (QED) is 0.870. The van der Waals surface area contributed by atoms with Crippen LogP contribution in [0.25, 0.3) is 0 Å². The van der Waals surface area contributed by atoms with Gasteiger partial charge >= 0.3 is 6.03 Å². The van der Waals surface area contributed by atoms with Gasteiger partial charge in [0, 0.05) is 37.2 Å². The van der Waals surface area contributed by atoms with Gasteiger partial charge in [-0.05, 0) is 37.5 Å². The number of halogens is 1. The minimum atomic E-state index is -0.175. The maximum Gasteiger partial charge on any atom is 0.315 e. The van der Waals surface area contributed by atoms with Gasteiger partial charge in [0.1, 0.15) is 5.82 Å². The van der Waals surface area contributed by atoms with E-state index in [0.29, 0.717) is 11.6 Å². The second-order valence-electron chi connectivity index (χ2n) is 6.23. The lowest BCUT2D eigenvalue weighted by Gasteiger charge is -2.15. The second-order valence-corrected chi connectivity index (χ2v) is 6.66. The smallest absolute Gasteiger partial charge is 0.315 e. The monoisotopic (exact) mass is 346 g/mol. The Hall–Kier alpha value is -2.01. The van der Waals surface area contributed by atoms with E-state index in [0.717, 1.165) is 30.6 Å².